The van der Waals surface area contributed by atoms with E-state index in [1.807, 2.05) is 22.7 Å². The van der Waals surface area contributed by atoms with Crippen molar-refractivity contribution in [3.63, 3.8) is 0 Å². The maximum absolute atomic E-state index is 6.83. The van der Waals surface area contributed by atoms with Gasteiger partial charge in [-0.05, 0) is 111 Å². The van der Waals surface area contributed by atoms with Crippen molar-refractivity contribution in [2.24, 2.45) is 0 Å². The molecule has 12 aromatic rings. The molecule has 2 aliphatic heterocycles. The van der Waals surface area contributed by atoms with Crippen LogP contribution in [0.15, 0.2) is 138 Å². The lowest BCUT2D eigenvalue weighted by Crippen LogP contribution is -2.60. The summed E-state index contributed by atoms with van der Waals surface area (Å²) in [4.78, 5) is 2.72. The highest BCUT2D eigenvalue weighted by Gasteiger charge is 2.47. The van der Waals surface area contributed by atoms with Crippen LogP contribution in [0.2, 0.25) is 0 Å². The Bertz CT molecular complexity index is 4170. The van der Waals surface area contributed by atoms with Gasteiger partial charge in [0.15, 0.2) is 0 Å². The zero-order valence-corrected chi connectivity index (χ0v) is 39.9. The summed E-state index contributed by atoms with van der Waals surface area (Å²) in [6, 6.07) is 51.6. The summed E-state index contributed by atoms with van der Waals surface area (Å²) < 4.78 is 14.9. The molecule has 4 aromatic heterocycles. The van der Waals surface area contributed by atoms with Gasteiger partial charge in [-0.1, -0.05) is 121 Å². The molecule has 15 rings (SSSR count). The summed E-state index contributed by atoms with van der Waals surface area (Å²) in [5, 5.41) is 10.4. The second-order valence-electron chi connectivity index (χ2n) is 21.9. The largest absolute Gasteiger partial charge is 0.456 e. The third-order valence-corrected chi connectivity index (χ3v) is 18.5. The zero-order chi connectivity index (χ0) is 44.3. The van der Waals surface area contributed by atoms with E-state index < -0.39 is 0 Å². The molecule has 6 heterocycles. The second kappa shape index (κ2) is 12.4. The molecule has 0 fully saturated rings. The highest BCUT2D eigenvalue weighted by atomic mass is 32.1. The average molecular weight is 887 g/mol. The molecule has 0 saturated carbocycles. The third kappa shape index (κ3) is 4.74. The number of rotatable bonds is 1. The van der Waals surface area contributed by atoms with E-state index in [-0.39, 0.29) is 23.1 Å². The van der Waals surface area contributed by atoms with E-state index in [2.05, 4.69) is 191 Å². The van der Waals surface area contributed by atoms with Crippen molar-refractivity contribution >= 4 is 136 Å². The number of anilines is 2. The molecule has 8 aromatic carbocycles. The van der Waals surface area contributed by atoms with Crippen LogP contribution in [-0.2, 0) is 16.2 Å². The maximum atomic E-state index is 6.83. The standard InChI is InChI=1S/C60H47BN2OS2/c1-58(2,3)32-20-22-33(23-21-32)63-45-28-38-35-15-9-12-18-49(35)65-51(38)29-40(45)54-55-56-52(53-36-16-10-13-19-50(36)66-57(53)54)39-26-41-42(60(6,7)25-24-59(41,4)5)30-44(39)62(56)46-31-48-37(27-43(46)61(55)63)34-14-8-11-17-47(34)64-48/h8-23,26-31H,24-25H2,1-7H3. The minimum Gasteiger partial charge on any atom is -0.456 e. The fourth-order valence-electron chi connectivity index (χ4n) is 12.7. The van der Waals surface area contributed by atoms with E-state index in [9.17, 15) is 0 Å². The van der Waals surface area contributed by atoms with Gasteiger partial charge >= 0.3 is 6.85 Å². The number of para-hydroxylation sites is 1. The van der Waals surface area contributed by atoms with Crippen LogP contribution in [-0.4, -0.2) is 11.4 Å². The van der Waals surface area contributed by atoms with E-state index in [0.717, 1.165) is 23.0 Å². The lowest BCUT2D eigenvalue weighted by molar-refractivity contribution is 0.332. The molecule has 318 valence electrons. The third-order valence-electron chi connectivity index (χ3n) is 16.2. The Labute approximate surface area is 392 Å². The van der Waals surface area contributed by atoms with Crippen LogP contribution in [0.3, 0.4) is 0 Å². The SMILES string of the molecule is CC(C)(C)c1ccc(N2B3c4cc5c(cc4-n4c6cc7c(cc6c6c8c(sc9ccccc98)c(c3c64)-c3cc4sc6ccccc6c4cc32)C(C)(C)CCC7(C)C)oc2ccccc25)cc1. The number of furan rings is 1. The van der Waals surface area contributed by atoms with Crippen molar-refractivity contribution in [3.8, 4) is 16.8 Å². The van der Waals surface area contributed by atoms with Crippen LogP contribution in [0.4, 0.5) is 11.4 Å². The predicted octanol–water partition coefficient (Wildman–Crippen LogP) is 16.3. The minimum atomic E-state index is -0.125. The number of aromatic nitrogens is 1. The van der Waals surface area contributed by atoms with Gasteiger partial charge in [0.05, 0.1) is 11.0 Å². The van der Waals surface area contributed by atoms with Crippen LogP contribution in [0.1, 0.15) is 78.0 Å². The molecule has 3 aliphatic rings. The van der Waals surface area contributed by atoms with Gasteiger partial charge in [0.1, 0.15) is 11.2 Å². The number of hydrogen-bond acceptors (Lipinski definition) is 4. The van der Waals surface area contributed by atoms with Gasteiger partial charge in [-0.15, -0.1) is 22.7 Å². The van der Waals surface area contributed by atoms with Crippen LogP contribution in [0, 0.1) is 0 Å². The molecule has 0 N–H and O–H groups in total. The summed E-state index contributed by atoms with van der Waals surface area (Å²) in [6.07, 6.45) is 2.34. The van der Waals surface area contributed by atoms with E-state index in [1.54, 1.807) is 0 Å². The van der Waals surface area contributed by atoms with Gasteiger partial charge < -0.3 is 13.8 Å². The van der Waals surface area contributed by atoms with Gasteiger partial charge in [0.25, 0.3) is 0 Å². The Balaban J connectivity index is 1.20. The maximum Gasteiger partial charge on any atom is 0.333 e. The summed E-state index contributed by atoms with van der Waals surface area (Å²) in [5.74, 6) is 0. The number of hydrogen-bond donors (Lipinski definition) is 0. The zero-order valence-electron chi connectivity index (χ0n) is 38.3. The van der Waals surface area contributed by atoms with Gasteiger partial charge in [-0.3, -0.25) is 0 Å². The first-order valence-corrected chi connectivity index (χ1v) is 25.3. The molecule has 0 amide bonds. The second-order valence-corrected chi connectivity index (χ2v) is 24.0. The number of fused-ring (bicyclic) bond motifs is 20. The quantitative estimate of drug-likeness (QED) is 0.153. The van der Waals surface area contributed by atoms with Gasteiger partial charge in [-0.2, -0.15) is 0 Å². The van der Waals surface area contributed by atoms with E-state index >= 15 is 0 Å². The predicted molar refractivity (Wildman–Crippen MR) is 287 cm³/mol. The van der Waals surface area contributed by atoms with Crippen LogP contribution in [0.25, 0.3) is 101 Å². The van der Waals surface area contributed by atoms with Crippen molar-refractivity contribution in [2.45, 2.75) is 77.6 Å². The molecule has 0 atom stereocenters. The number of nitrogens with zero attached hydrogens (tertiary/aromatic N) is 2. The highest BCUT2D eigenvalue weighted by molar-refractivity contribution is 7.27. The van der Waals surface area contributed by atoms with Crippen molar-refractivity contribution in [3.05, 3.63) is 150 Å². The fourth-order valence-corrected chi connectivity index (χ4v) is 15.1. The Morgan fingerprint density at radius 1 is 0.576 bits per heavy atom. The molecular formula is C60H47BN2OS2. The first-order valence-electron chi connectivity index (χ1n) is 23.7. The number of benzene rings is 8. The van der Waals surface area contributed by atoms with Crippen molar-refractivity contribution in [1.29, 1.82) is 0 Å². The smallest absolute Gasteiger partial charge is 0.333 e. The summed E-state index contributed by atoms with van der Waals surface area (Å²) >= 11 is 3.91. The molecule has 1 aliphatic carbocycles. The van der Waals surface area contributed by atoms with Crippen molar-refractivity contribution in [1.82, 2.24) is 4.57 Å². The van der Waals surface area contributed by atoms with Crippen molar-refractivity contribution < 1.29 is 4.42 Å². The Hall–Kier alpha value is -6.34. The van der Waals surface area contributed by atoms with Crippen molar-refractivity contribution in [2.75, 3.05) is 4.81 Å². The molecule has 0 unspecified atom stereocenters. The molecule has 6 heteroatoms. The first-order chi connectivity index (χ1) is 31.8. The normalized spacial score (nSPS) is 16.2. The van der Waals surface area contributed by atoms with E-state index in [4.69, 9.17) is 4.42 Å². The highest BCUT2D eigenvalue weighted by Crippen LogP contribution is 2.56. The topological polar surface area (TPSA) is 21.3 Å². The van der Waals surface area contributed by atoms with Crippen LogP contribution < -0.4 is 15.7 Å². The lowest BCUT2D eigenvalue weighted by Gasteiger charge is -2.42. The molecule has 0 saturated heterocycles. The molecule has 0 bridgehead atoms. The fraction of sp³-hybridized carbons (Fsp3) is 0.200. The van der Waals surface area contributed by atoms with E-state index in [1.165, 1.54) is 130 Å². The molecule has 3 nitrogen and oxygen atoms in total. The molecule has 66 heavy (non-hydrogen) atoms. The monoisotopic (exact) mass is 886 g/mol. The summed E-state index contributed by atoms with van der Waals surface area (Å²) in [6.45, 7) is 16.7. The summed E-state index contributed by atoms with van der Waals surface area (Å²) in [5.41, 5.74) is 18.0. The van der Waals surface area contributed by atoms with Gasteiger partial charge in [-0.25, -0.2) is 0 Å². The van der Waals surface area contributed by atoms with Gasteiger partial charge in [0.2, 0.25) is 0 Å². The van der Waals surface area contributed by atoms with E-state index in [0.29, 0.717) is 0 Å². The lowest BCUT2D eigenvalue weighted by atomic mass is 9.43. The molecular weight excluding hydrogens is 840 g/mol. The minimum absolute atomic E-state index is 0.0280. The van der Waals surface area contributed by atoms with Crippen LogP contribution in [0.5, 0.6) is 0 Å². The Morgan fingerprint density at radius 2 is 1.26 bits per heavy atom. The Kier molecular flexibility index (Phi) is 7.08. The average Bonchev–Trinajstić information content (AvgIpc) is 4.07. The number of thiophene rings is 2. The molecule has 0 spiro atoms. The summed E-state index contributed by atoms with van der Waals surface area (Å²) in [7, 11) is 0. The first kappa shape index (κ1) is 37.8. The molecule has 0 radical (unpaired) electrons. The Morgan fingerprint density at radius 3 is 2.02 bits per heavy atom. The van der Waals surface area contributed by atoms with Crippen LogP contribution >= 0.6 is 22.7 Å². The van der Waals surface area contributed by atoms with Gasteiger partial charge in [0, 0.05) is 96.1 Å².